The molecule has 0 aliphatic carbocycles. The third-order valence-corrected chi connectivity index (χ3v) is 3.56. The van der Waals surface area contributed by atoms with Crippen molar-refractivity contribution in [3.8, 4) is 5.75 Å². The predicted octanol–water partition coefficient (Wildman–Crippen LogP) is 2.15. The zero-order valence-electron chi connectivity index (χ0n) is 10.3. The summed E-state index contributed by atoms with van der Waals surface area (Å²) in [4.78, 5) is 0. The predicted molar refractivity (Wildman–Crippen MR) is 66.9 cm³/mol. The van der Waals surface area contributed by atoms with Crippen LogP contribution in [0.15, 0.2) is 24.3 Å². The van der Waals surface area contributed by atoms with Gasteiger partial charge in [0.1, 0.15) is 5.75 Å². The Hall–Kier alpha value is -1.07. The van der Waals surface area contributed by atoms with E-state index in [1.165, 1.54) is 0 Å². The minimum absolute atomic E-state index is 0.244. The Morgan fingerprint density at radius 2 is 1.76 bits per heavy atom. The van der Waals surface area contributed by atoms with Crippen molar-refractivity contribution < 1.29 is 17.7 Å². The fourth-order valence-electron chi connectivity index (χ4n) is 1.84. The van der Waals surface area contributed by atoms with Crippen LogP contribution in [0.2, 0.25) is 0 Å². The first-order chi connectivity index (χ1) is 7.72. The molecule has 1 N–H and O–H groups in total. The van der Waals surface area contributed by atoms with Crippen molar-refractivity contribution in [3.05, 3.63) is 29.8 Å². The number of hydrogen-bond donors (Lipinski definition) is 1. The minimum atomic E-state index is -3.94. The van der Waals surface area contributed by atoms with Gasteiger partial charge in [-0.05, 0) is 29.5 Å². The number of hydrogen-bond acceptors (Lipinski definition) is 3. The van der Waals surface area contributed by atoms with E-state index in [1.807, 2.05) is 38.1 Å². The summed E-state index contributed by atoms with van der Waals surface area (Å²) in [5.41, 5.74) is 0.516. The number of methoxy groups -OCH3 is 1. The van der Waals surface area contributed by atoms with Crippen LogP contribution in [0.3, 0.4) is 0 Å². The molecule has 4 nitrogen and oxygen atoms in total. The zero-order chi connectivity index (χ0) is 13.1. The van der Waals surface area contributed by atoms with Crippen molar-refractivity contribution >= 4 is 10.1 Å². The molecular weight excluding hydrogens is 240 g/mol. The van der Waals surface area contributed by atoms with Crippen LogP contribution in [-0.2, 0) is 16.5 Å². The largest absolute Gasteiger partial charge is 0.497 e. The molecule has 0 unspecified atom stereocenters. The molecule has 1 rings (SSSR count). The summed E-state index contributed by atoms with van der Waals surface area (Å²) < 4.78 is 35.7. The highest BCUT2D eigenvalue weighted by Crippen LogP contribution is 2.24. The third kappa shape index (κ3) is 5.19. The third-order valence-electron chi connectivity index (χ3n) is 2.41. The Morgan fingerprint density at radius 3 is 2.18 bits per heavy atom. The molecule has 0 fully saturated rings. The van der Waals surface area contributed by atoms with Crippen LogP contribution in [0.1, 0.15) is 19.4 Å². The Labute approximate surface area is 102 Å². The van der Waals surface area contributed by atoms with Gasteiger partial charge in [-0.15, -0.1) is 0 Å². The molecule has 0 aromatic heterocycles. The first-order valence-electron chi connectivity index (χ1n) is 5.30. The second-order valence-corrected chi connectivity index (χ2v) is 6.37. The molecule has 0 spiro atoms. The Balaban J connectivity index is 2.75. The van der Waals surface area contributed by atoms with Crippen molar-refractivity contribution in [2.24, 2.45) is 5.41 Å². The van der Waals surface area contributed by atoms with Gasteiger partial charge in [0.15, 0.2) is 0 Å². The standard InChI is InChI=1S/C12H18O4S/c1-12(2,9-17(13,14)15)8-10-4-6-11(16-3)7-5-10/h4-7H,8-9H2,1-3H3,(H,13,14,15). The van der Waals surface area contributed by atoms with Gasteiger partial charge >= 0.3 is 0 Å². The molecule has 96 valence electrons. The molecule has 0 bridgehead atoms. The molecule has 0 atom stereocenters. The van der Waals surface area contributed by atoms with E-state index in [1.54, 1.807) is 7.11 Å². The van der Waals surface area contributed by atoms with Gasteiger partial charge in [0.2, 0.25) is 0 Å². The van der Waals surface area contributed by atoms with Crippen molar-refractivity contribution in [2.45, 2.75) is 20.3 Å². The smallest absolute Gasteiger partial charge is 0.265 e. The van der Waals surface area contributed by atoms with Gasteiger partial charge in [-0.3, -0.25) is 4.55 Å². The summed E-state index contributed by atoms with van der Waals surface area (Å²) in [5, 5.41) is 0. The maximum Gasteiger partial charge on any atom is 0.265 e. The van der Waals surface area contributed by atoms with Crippen LogP contribution in [0.5, 0.6) is 5.75 Å². The van der Waals surface area contributed by atoms with E-state index in [-0.39, 0.29) is 5.75 Å². The van der Waals surface area contributed by atoms with Gasteiger partial charge in [0.05, 0.1) is 12.9 Å². The first-order valence-corrected chi connectivity index (χ1v) is 6.91. The number of rotatable bonds is 5. The average molecular weight is 258 g/mol. The second kappa shape index (κ2) is 5.06. The maximum absolute atomic E-state index is 10.9. The van der Waals surface area contributed by atoms with Crippen molar-refractivity contribution in [2.75, 3.05) is 12.9 Å². The Morgan fingerprint density at radius 1 is 1.24 bits per heavy atom. The summed E-state index contributed by atoms with van der Waals surface area (Å²) in [7, 11) is -2.34. The van der Waals surface area contributed by atoms with E-state index in [4.69, 9.17) is 9.29 Å². The van der Waals surface area contributed by atoms with Gasteiger partial charge < -0.3 is 4.74 Å². The monoisotopic (exact) mass is 258 g/mol. The lowest BCUT2D eigenvalue weighted by molar-refractivity contribution is 0.386. The quantitative estimate of drug-likeness (QED) is 0.822. The van der Waals surface area contributed by atoms with E-state index < -0.39 is 15.5 Å². The van der Waals surface area contributed by atoms with Gasteiger partial charge in [0.25, 0.3) is 10.1 Å². The Kier molecular flexibility index (Phi) is 4.16. The highest BCUT2D eigenvalue weighted by Gasteiger charge is 2.25. The lowest BCUT2D eigenvalue weighted by atomic mass is 9.88. The molecule has 1 aromatic rings. The van der Waals surface area contributed by atoms with E-state index in [0.717, 1.165) is 11.3 Å². The molecule has 17 heavy (non-hydrogen) atoms. The van der Waals surface area contributed by atoms with E-state index in [2.05, 4.69) is 0 Å². The van der Waals surface area contributed by atoms with E-state index in [0.29, 0.717) is 6.42 Å². The molecule has 0 radical (unpaired) electrons. The topological polar surface area (TPSA) is 63.6 Å². The van der Waals surface area contributed by atoms with Gasteiger partial charge in [0, 0.05) is 0 Å². The summed E-state index contributed by atoms with van der Waals surface area (Å²) in [6.07, 6.45) is 0.580. The van der Waals surface area contributed by atoms with Crippen molar-refractivity contribution in [1.82, 2.24) is 0 Å². The highest BCUT2D eigenvalue weighted by atomic mass is 32.2. The van der Waals surface area contributed by atoms with Crippen LogP contribution in [-0.4, -0.2) is 25.8 Å². The summed E-state index contributed by atoms with van der Waals surface area (Å²) >= 11 is 0. The molecular formula is C12H18O4S. The fourth-order valence-corrected chi connectivity index (χ4v) is 2.93. The lowest BCUT2D eigenvalue weighted by Gasteiger charge is -2.22. The Bertz CT molecular complexity index is 460. The number of ether oxygens (including phenoxy) is 1. The number of benzene rings is 1. The van der Waals surface area contributed by atoms with Crippen LogP contribution in [0.4, 0.5) is 0 Å². The molecule has 0 aliphatic heterocycles. The van der Waals surface area contributed by atoms with Crippen molar-refractivity contribution in [1.29, 1.82) is 0 Å². The maximum atomic E-state index is 10.9. The van der Waals surface area contributed by atoms with Gasteiger partial charge in [-0.1, -0.05) is 26.0 Å². The summed E-state index contributed by atoms with van der Waals surface area (Å²) in [6, 6.07) is 7.45. The van der Waals surface area contributed by atoms with Crippen LogP contribution < -0.4 is 4.74 Å². The van der Waals surface area contributed by atoms with Crippen molar-refractivity contribution in [3.63, 3.8) is 0 Å². The summed E-state index contributed by atoms with van der Waals surface area (Å²) in [5.74, 6) is 0.521. The first kappa shape index (κ1) is 14.0. The van der Waals surface area contributed by atoms with Gasteiger partial charge in [-0.2, -0.15) is 8.42 Å². The average Bonchev–Trinajstić information content (AvgIpc) is 2.14. The SMILES string of the molecule is COc1ccc(CC(C)(C)CS(=O)(=O)O)cc1. The van der Waals surface area contributed by atoms with Crippen LogP contribution in [0, 0.1) is 5.41 Å². The highest BCUT2D eigenvalue weighted by molar-refractivity contribution is 7.85. The molecule has 1 aromatic carbocycles. The molecule has 0 amide bonds. The van der Waals surface area contributed by atoms with Crippen LogP contribution in [0.25, 0.3) is 0 Å². The second-order valence-electron chi connectivity index (χ2n) is 4.92. The molecule has 0 saturated heterocycles. The molecule has 0 aliphatic rings. The minimum Gasteiger partial charge on any atom is -0.497 e. The van der Waals surface area contributed by atoms with E-state index >= 15 is 0 Å². The fraction of sp³-hybridized carbons (Fsp3) is 0.500. The van der Waals surface area contributed by atoms with Gasteiger partial charge in [-0.25, -0.2) is 0 Å². The summed E-state index contributed by atoms with van der Waals surface area (Å²) in [6.45, 7) is 3.62. The molecule has 0 heterocycles. The molecule has 5 heteroatoms. The lowest BCUT2D eigenvalue weighted by Crippen LogP contribution is -2.25. The zero-order valence-corrected chi connectivity index (χ0v) is 11.1. The normalized spacial score (nSPS) is 12.5. The van der Waals surface area contributed by atoms with E-state index in [9.17, 15) is 8.42 Å². The van der Waals surface area contributed by atoms with Crippen LogP contribution >= 0.6 is 0 Å². The molecule has 0 saturated carbocycles.